The monoisotopic (exact) mass is 421 g/mol. The molecule has 0 saturated carbocycles. The lowest BCUT2D eigenvalue weighted by Gasteiger charge is -2.15. The highest BCUT2D eigenvalue weighted by molar-refractivity contribution is 9.10. The second-order valence-corrected chi connectivity index (χ2v) is 7.60. The number of carbonyl (C=O) groups is 2. The molecule has 1 N–H and O–H groups in total. The van der Waals surface area contributed by atoms with Crippen LogP contribution in [-0.2, 0) is 11.8 Å². The van der Waals surface area contributed by atoms with Gasteiger partial charge < -0.3 is 4.57 Å². The highest BCUT2D eigenvalue weighted by Crippen LogP contribution is 2.31. The average Bonchev–Trinajstić information content (AvgIpc) is 3.07. The molecule has 1 aromatic heterocycles. The molecule has 2 aromatic rings. The summed E-state index contributed by atoms with van der Waals surface area (Å²) in [5.41, 5.74) is 3.89. The Bertz CT molecular complexity index is 858. The van der Waals surface area contributed by atoms with Crippen LogP contribution in [0.3, 0.4) is 0 Å². The van der Waals surface area contributed by atoms with Crippen LogP contribution in [0.2, 0.25) is 0 Å². The zero-order valence-electron chi connectivity index (χ0n) is 12.5. The van der Waals surface area contributed by atoms with E-state index >= 15 is 0 Å². The van der Waals surface area contributed by atoms with E-state index in [9.17, 15) is 9.59 Å². The summed E-state index contributed by atoms with van der Waals surface area (Å²) in [5.74, 6) is -0.726. The number of halogens is 1. The third-order valence-corrected chi connectivity index (χ3v) is 5.21. The van der Waals surface area contributed by atoms with Crippen LogP contribution >= 0.6 is 39.9 Å². The minimum Gasteiger partial charge on any atom is -0.351 e. The maximum atomic E-state index is 12.5. The number of hydrazine groups is 1. The van der Waals surface area contributed by atoms with E-state index in [0.29, 0.717) is 14.8 Å². The highest BCUT2D eigenvalue weighted by Gasteiger charge is 2.33. The fourth-order valence-electron chi connectivity index (χ4n) is 2.09. The molecule has 0 unspecified atom stereocenters. The number of thiocarbonyl (C=S) groups is 1. The summed E-state index contributed by atoms with van der Waals surface area (Å²) in [6.07, 6.45) is 3.65. The molecule has 0 spiro atoms. The molecular formula is C16H12BrN3O2S2. The van der Waals surface area contributed by atoms with E-state index < -0.39 is 0 Å². The molecule has 2 heterocycles. The van der Waals surface area contributed by atoms with Gasteiger partial charge in [-0.15, -0.1) is 0 Å². The Labute approximate surface area is 156 Å². The number of hydrogen-bond acceptors (Lipinski definition) is 4. The van der Waals surface area contributed by atoms with Crippen molar-refractivity contribution in [1.29, 1.82) is 0 Å². The maximum absolute atomic E-state index is 12.5. The van der Waals surface area contributed by atoms with Gasteiger partial charge in [0.1, 0.15) is 0 Å². The predicted molar refractivity (Wildman–Crippen MR) is 102 cm³/mol. The number of thioether (sulfide) groups is 1. The van der Waals surface area contributed by atoms with Gasteiger partial charge in [-0.1, -0.05) is 27.7 Å². The summed E-state index contributed by atoms with van der Waals surface area (Å²) in [6, 6.07) is 10.6. The Morgan fingerprint density at radius 1 is 1.29 bits per heavy atom. The first kappa shape index (κ1) is 16.9. The van der Waals surface area contributed by atoms with Crippen LogP contribution in [0.1, 0.15) is 16.1 Å². The van der Waals surface area contributed by atoms with Crippen molar-refractivity contribution in [2.24, 2.45) is 7.05 Å². The second kappa shape index (κ2) is 6.92. The minimum atomic E-state index is -0.390. The SMILES string of the molecule is Cn1cccc1/C=C1\SC(=S)N(NC(=O)c2ccc(Br)cc2)C1=O. The maximum Gasteiger partial charge on any atom is 0.285 e. The Kier molecular flexibility index (Phi) is 4.88. The van der Waals surface area contributed by atoms with Crippen molar-refractivity contribution in [2.75, 3.05) is 0 Å². The number of nitrogens with zero attached hydrogens (tertiary/aromatic N) is 2. The molecule has 1 aromatic carbocycles. The van der Waals surface area contributed by atoms with E-state index in [4.69, 9.17) is 12.2 Å². The van der Waals surface area contributed by atoms with Crippen LogP contribution in [0.15, 0.2) is 52.0 Å². The number of aromatic nitrogens is 1. The van der Waals surface area contributed by atoms with Gasteiger partial charge in [-0.2, -0.15) is 5.01 Å². The molecular weight excluding hydrogens is 410 g/mol. The third-order valence-electron chi connectivity index (χ3n) is 3.38. The van der Waals surface area contributed by atoms with Crippen LogP contribution in [0.25, 0.3) is 6.08 Å². The lowest BCUT2D eigenvalue weighted by Crippen LogP contribution is -2.44. The summed E-state index contributed by atoms with van der Waals surface area (Å²) in [7, 11) is 1.89. The topological polar surface area (TPSA) is 54.3 Å². The van der Waals surface area contributed by atoms with Crippen LogP contribution in [-0.4, -0.2) is 25.7 Å². The van der Waals surface area contributed by atoms with Crippen molar-refractivity contribution in [1.82, 2.24) is 15.0 Å². The molecule has 1 aliphatic rings. The van der Waals surface area contributed by atoms with Gasteiger partial charge in [0.05, 0.1) is 4.91 Å². The van der Waals surface area contributed by atoms with E-state index in [1.807, 2.05) is 29.9 Å². The summed E-state index contributed by atoms with van der Waals surface area (Å²) in [4.78, 5) is 25.2. The van der Waals surface area contributed by atoms with Gasteiger partial charge in [-0.25, -0.2) is 0 Å². The number of nitrogens with one attached hydrogen (secondary N) is 1. The van der Waals surface area contributed by atoms with Crippen molar-refractivity contribution < 1.29 is 9.59 Å². The molecule has 1 saturated heterocycles. The first-order valence-corrected chi connectivity index (χ1v) is 8.93. The number of carbonyl (C=O) groups excluding carboxylic acids is 2. The Balaban J connectivity index is 1.77. The normalized spacial score (nSPS) is 16.1. The highest BCUT2D eigenvalue weighted by atomic mass is 79.9. The van der Waals surface area contributed by atoms with Crippen LogP contribution in [0.4, 0.5) is 0 Å². The molecule has 3 rings (SSSR count). The van der Waals surface area contributed by atoms with Crippen molar-refractivity contribution in [3.8, 4) is 0 Å². The van der Waals surface area contributed by atoms with E-state index in [1.54, 1.807) is 30.3 Å². The lowest BCUT2D eigenvalue weighted by atomic mass is 10.2. The smallest absolute Gasteiger partial charge is 0.285 e. The molecule has 2 amide bonds. The Morgan fingerprint density at radius 2 is 2.00 bits per heavy atom. The second-order valence-electron chi connectivity index (χ2n) is 5.01. The summed E-state index contributed by atoms with van der Waals surface area (Å²) in [5, 5.41) is 1.11. The van der Waals surface area contributed by atoms with Gasteiger partial charge >= 0.3 is 0 Å². The number of hydrogen-bond donors (Lipinski definition) is 1. The quantitative estimate of drug-likeness (QED) is 0.609. The van der Waals surface area contributed by atoms with Crippen molar-refractivity contribution in [3.63, 3.8) is 0 Å². The van der Waals surface area contributed by atoms with Crippen molar-refractivity contribution in [2.45, 2.75) is 0 Å². The first-order valence-electron chi connectivity index (χ1n) is 6.91. The number of aryl methyl sites for hydroxylation is 1. The molecule has 0 radical (unpaired) electrons. The molecule has 5 nitrogen and oxygen atoms in total. The molecule has 0 atom stereocenters. The molecule has 0 bridgehead atoms. The Morgan fingerprint density at radius 3 is 2.62 bits per heavy atom. The Hall–Kier alpha value is -1.90. The van der Waals surface area contributed by atoms with Gasteiger partial charge in [-0.3, -0.25) is 15.0 Å². The standard InChI is InChI=1S/C16H12BrN3O2S2/c1-19-8-2-3-12(19)9-13-15(22)20(16(23)24-13)18-14(21)10-4-6-11(17)7-5-10/h2-9H,1H3,(H,18,21)/b13-9-. The number of amides is 2. The van der Waals surface area contributed by atoms with Crippen molar-refractivity contribution in [3.05, 3.63) is 63.2 Å². The molecule has 8 heteroatoms. The van der Waals surface area contributed by atoms with Crippen LogP contribution in [0, 0.1) is 0 Å². The van der Waals surface area contributed by atoms with Crippen molar-refractivity contribution >= 4 is 62.1 Å². The lowest BCUT2D eigenvalue weighted by molar-refractivity contribution is -0.123. The fourth-order valence-corrected chi connectivity index (χ4v) is 3.52. The van der Waals surface area contributed by atoms with Gasteiger partial charge in [-0.05, 0) is 54.7 Å². The van der Waals surface area contributed by atoms with Crippen LogP contribution < -0.4 is 5.43 Å². The van der Waals surface area contributed by atoms with E-state index in [1.165, 1.54) is 0 Å². The summed E-state index contributed by atoms with van der Waals surface area (Å²) >= 11 is 9.69. The van der Waals surface area contributed by atoms with Gasteiger partial charge in [0.2, 0.25) is 0 Å². The van der Waals surface area contributed by atoms with Gasteiger partial charge in [0, 0.05) is 29.0 Å². The zero-order valence-corrected chi connectivity index (χ0v) is 15.7. The zero-order chi connectivity index (χ0) is 17.3. The third kappa shape index (κ3) is 3.45. The van der Waals surface area contributed by atoms with E-state index in [2.05, 4.69) is 21.4 Å². The van der Waals surface area contributed by atoms with Gasteiger partial charge in [0.15, 0.2) is 4.32 Å². The average molecular weight is 422 g/mol. The molecule has 1 fully saturated rings. The number of benzene rings is 1. The predicted octanol–water partition coefficient (Wildman–Crippen LogP) is 3.33. The molecule has 1 aliphatic heterocycles. The van der Waals surface area contributed by atoms with E-state index in [0.717, 1.165) is 26.9 Å². The molecule has 0 aliphatic carbocycles. The molecule has 24 heavy (non-hydrogen) atoms. The van der Waals surface area contributed by atoms with E-state index in [-0.39, 0.29) is 11.8 Å². The summed E-state index contributed by atoms with van der Waals surface area (Å²) in [6.45, 7) is 0. The minimum absolute atomic E-state index is 0.297. The first-order chi connectivity index (χ1) is 11.5. The van der Waals surface area contributed by atoms with Crippen LogP contribution in [0.5, 0.6) is 0 Å². The van der Waals surface area contributed by atoms with Gasteiger partial charge in [0.25, 0.3) is 11.8 Å². The fraction of sp³-hybridized carbons (Fsp3) is 0.0625. The molecule has 122 valence electrons. The largest absolute Gasteiger partial charge is 0.351 e. The summed E-state index contributed by atoms with van der Waals surface area (Å²) < 4.78 is 3.06. The number of rotatable bonds is 3.